The number of hydrogen-bond donors (Lipinski definition) is 1. The highest BCUT2D eigenvalue weighted by atomic mass is 16.5. The van der Waals surface area contributed by atoms with Crippen molar-refractivity contribution < 1.29 is 23.6 Å². The summed E-state index contributed by atoms with van der Waals surface area (Å²) in [5.41, 5.74) is 2.14. The van der Waals surface area contributed by atoms with Gasteiger partial charge in [0.25, 0.3) is 5.91 Å². The van der Waals surface area contributed by atoms with Crippen LogP contribution in [-0.2, 0) is 9.53 Å². The standard InChI is InChI=1S/C17H20N2O5/c1-9-6-7-14(22-5)13(8-9)18-16(20)12(4)23-17(21)15-10(2)19-24-11(15)3/h6-8,12H,1-5H3,(H,18,20). The van der Waals surface area contributed by atoms with Gasteiger partial charge >= 0.3 is 5.97 Å². The Bertz CT molecular complexity index is 747. The van der Waals surface area contributed by atoms with Gasteiger partial charge in [0.2, 0.25) is 0 Å². The van der Waals surface area contributed by atoms with Gasteiger partial charge in [0.15, 0.2) is 6.10 Å². The quantitative estimate of drug-likeness (QED) is 0.847. The van der Waals surface area contributed by atoms with E-state index in [0.29, 0.717) is 22.9 Å². The smallest absolute Gasteiger partial charge is 0.344 e. The van der Waals surface area contributed by atoms with E-state index in [1.54, 1.807) is 26.0 Å². The molecule has 1 heterocycles. The van der Waals surface area contributed by atoms with Gasteiger partial charge in [0, 0.05) is 0 Å². The second-order valence-electron chi connectivity index (χ2n) is 5.44. The van der Waals surface area contributed by atoms with Gasteiger partial charge in [-0.1, -0.05) is 11.2 Å². The molecule has 7 nitrogen and oxygen atoms in total. The molecule has 1 N–H and O–H groups in total. The van der Waals surface area contributed by atoms with E-state index in [1.165, 1.54) is 14.0 Å². The number of benzene rings is 1. The van der Waals surface area contributed by atoms with E-state index in [2.05, 4.69) is 10.5 Å². The molecule has 0 fully saturated rings. The summed E-state index contributed by atoms with van der Waals surface area (Å²) in [5.74, 6) is -0.229. The molecule has 0 spiro atoms. The van der Waals surface area contributed by atoms with Gasteiger partial charge in [0.1, 0.15) is 17.1 Å². The van der Waals surface area contributed by atoms with Crippen LogP contribution in [0.5, 0.6) is 5.75 Å². The van der Waals surface area contributed by atoms with Crippen molar-refractivity contribution in [2.75, 3.05) is 12.4 Å². The first kappa shape index (κ1) is 17.5. The number of carbonyl (C=O) groups is 2. The number of aryl methyl sites for hydroxylation is 3. The molecule has 0 aliphatic heterocycles. The molecular formula is C17H20N2O5. The van der Waals surface area contributed by atoms with Crippen LogP contribution in [0.4, 0.5) is 5.69 Å². The summed E-state index contributed by atoms with van der Waals surface area (Å²) >= 11 is 0. The van der Waals surface area contributed by atoms with E-state index in [1.807, 2.05) is 13.0 Å². The topological polar surface area (TPSA) is 90.7 Å². The van der Waals surface area contributed by atoms with Crippen LogP contribution in [0.1, 0.15) is 34.3 Å². The van der Waals surface area contributed by atoms with Gasteiger partial charge in [-0.15, -0.1) is 0 Å². The van der Waals surface area contributed by atoms with Crippen molar-refractivity contribution in [3.05, 3.63) is 40.8 Å². The second kappa shape index (κ2) is 7.16. The molecule has 0 saturated carbocycles. The Morgan fingerprint density at radius 3 is 2.54 bits per heavy atom. The third-order valence-electron chi connectivity index (χ3n) is 3.50. The molecule has 0 aliphatic carbocycles. The fourth-order valence-corrected chi connectivity index (χ4v) is 2.20. The fraction of sp³-hybridized carbons (Fsp3) is 0.353. The maximum atomic E-state index is 12.3. The van der Waals surface area contributed by atoms with E-state index in [-0.39, 0.29) is 5.56 Å². The van der Waals surface area contributed by atoms with Gasteiger partial charge in [-0.25, -0.2) is 4.79 Å². The predicted octanol–water partition coefficient (Wildman–Crippen LogP) is 2.79. The molecule has 1 unspecified atom stereocenters. The van der Waals surface area contributed by atoms with Crippen LogP contribution in [0.3, 0.4) is 0 Å². The van der Waals surface area contributed by atoms with E-state index in [9.17, 15) is 9.59 Å². The molecule has 1 amide bonds. The molecular weight excluding hydrogens is 312 g/mol. The van der Waals surface area contributed by atoms with Gasteiger partial charge in [-0.05, 0) is 45.4 Å². The summed E-state index contributed by atoms with van der Waals surface area (Å²) in [6.07, 6.45) is -0.989. The maximum absolute atomic E-state index is 12.3. The monoisotopic (exact) mass is 332 g/mol. The highest BCUT2D eigenvalue weighted by Crippen LogP contribution is 2.25. The zero-order valence-electron chi connectivity index (χ0n) is 14.3. The molecule has 1 aromatic carbocycles. The minimum absolute atomic E-state index is 0.239. The number of methoxy groups -OCH3 is 1. The Morgan fingerprint density at radius 2 is 1.96 bits per heavy atom. The number of nitrogens with zero attached hydrogens (tertiary/aromatic N) is 1. The predicted molar refractivity (Wildman–Crippen MR) is 87.2 cm³/mol. The van der Waals surface area contributed by atoms with Crippen molar-refractivity contribution >= 4 is 17.6 Å². The lowest BCUT2D eigenvalue weighted by Gasteiger charge is -2.15. The van der Waals surface area contributed by atoms with Crippen LogP contribution in [0.25, 0.3) is 0 Å². The number of hydrogen-bond acceptors (Lipinski definition) is 6. The zero-order chi connectivity index (χ0) is 17.9. The molecule has 1 aromatic heterocycles. The maximum Gasteiger partial charge on any atom is 0.344 e. The Kier molecular flexibility index (Phi) is 5.23. The summed E-state index contributed by atoms with van der Waals surface area (Å²) in [7, 11) is 1.52. The third-order valence-corrected chi connectivity index (χ3v) is 3.50. The van der Waals surface area contributed by atoms with Crippen molar-refractivity contribution in [1.82, 2.24) is 5.16 Å². The molecule has 2 aromatic rings. The Morgan fingerprint density at radius 1 is 1.25 bits per heavy atom. The molecule has 0 bridgehead atoms. The lowest BCUT2D eigenvalue weighted by Crippen LogP contribution is -2.30. The van der Waals surface area contributed by atoms with Crippen molar-refractivity contribution in [3.63, 3.8) is 0 Å². The van der Waals surface area contributed by atoms with Gasteiger partial charge in [0.05, 0.1) is 18.5 Å². The number of ether oxygens (including phenoxy) is 2. The molecule has 0 radical (unpaired) electrons. The largest absolute Gasteiger partial charge is 0.495 e. The third kappa shape index (κ3) is 3.73. The first-order chi connectivity index (χ1) is 11.3. The van der Waals surface area contributed by atoms with E-state index in [0.717, 1.165) is 5.56 Å². The fourth-order valence-electron chi connectivity index (χ4n) is 2.20. The summed E-state index contributed by atoms with van der Waals surface area (Å²) < 4.78 is 15.3. The van der Waals surface area contributed by atoms with Gasteiger partial charge < -0.3 is 19.3 Å². The lowest BCUT2D eigenvalue weighted by atomic mass is 10.2. The highest BCUT2D eigenvalue weighted by Gasteiger charge is 2.24. The number of aromatic nitrogens is 1. The van der Waals surface area contributed by atoms with E-state index in [4.69, 9.17) is 14.0 Å². The van der Waals surface area contributed by atoms with E-state index >= 15 is 0 Å². The second-order valence-corrected chi connectivity index (χ2v) is 5.44. The molecule has 2 rings (SSSR count). The average Bonchev–Trinajstić information content (AvgIpc) is 2.86. The molecule has 1 atom stereocenters. The minimum atomic E-state index is -0.989. The van der Waals surface area contributed by atoms with Crippen molar-refractivity contribution in [2.24, 2.45) is 0 Å². The van der Waals surface area contributed by atoms with Gasteiger partial charge in [-0.3, -0.25) is 4.79 Å². The summed E-state index contributed by atoms with van der Waals surface area (Å²) in [4.78, 5) is 24.4. The number of carbonyl (C=O) groups excluding carboxylic acids is 2. The van der Waals surface area contributed by atoms with Crippen LogP contribution < -0.4 is 10.1 Å². The molecule has 128 valence electrons. The number of esters is 1. The van der Waals surface area contributed by atoms with Crippen molar-refractivity contribution in [3.8, 4) is 5.75 Å². The van der Waals surface area contributed by atoms with Crippen LogP contribution in [-0.4, -0.2) is 30.2 Å². The summed E-state index contributed by atoms with van der Waals surface area (Å²) in [5, 5.41) is 6.40. The first-order valence-corrected chi connectivity index (χ1v) is 7.42. The van der Waals surface area contributed by atoms with Crippen molar-refractivity contribution in [2.45, 2.75) is 33.8 Å². The summed E-state index contributed by atoms with van der Waals surface area (Å²) in [6.45, 7) is 6.64. The number of amides is 1. The SMILES string of the molecule is COc1ccc(C)cc1NC(=O)C(C)OC(=O)c1c(C)noc1C. The molecule has 7 heteroatoms. The Labute approximate surface area is 139 Å². The highest BCUT2D eigenvalue weighted by molar-refractivity contribution is 5.98. The minimum Gasteiger partial charge on any atom is -0.495 e. The number of anilines is 1. The normalized spacial score (nSPS) is 11.7. The van der Waals surface area contributed by atoms with Crippen molar-refractivity contribution in [1.29, 1.82) is 0 Å². The van der Waals surface area contributed by atoms with E-state index < -0.39 is 18.0 Å². The van der Waals surface area contributed by atoms with Gasteiger partial charge in [-0.2, -0.15) is 0 Å². The molecule has 24 heavy (non-hydrogen) atoms. The number of nitrogens with one attached hydrogen (secondary N) is 1. The van der Waals surface area contributed by atoms with Crippen LogP contribution >= 0.6 is 0 Å². The van der Waals surface area contributed by atoms with Crippen LogP contribution in [0.2, 0.25) is 0 Å². The molecule has 0 saturated heterocycles. The Hall–Kier alpha value is -2.83. The Balaban J connectivity index is 2.08. The first-order valence-electron chi connectivity index (χ1n) is 7.42. The number of rotatable bonds is 5. The van der Waals surface area contributed by atoms with Crippen LogP contribution in [0, 0.1) is 20.8 Å². The molecule has 0 aliphatic rings. The summed E-state index contributed by atoms with van der Waals surface area (Å²) in [6, 6.07) is 5.40. The lowest BCUT2D eigenvalue weighted by molar-refractivity contribution is -0.123. The zero-order valence-corrected chi connectivity index (χ0v) is 14.3. The van der Waals surface area contributed by atoms with Crippen LogP contribution in [0.15, 0.2) is 22.7 Å². The average molecular weight is 332 g/mol.